The van der Waals surface area contributed by atoms with Crippen molar-refractivity contribution in [2.24, 2.45) is 0 Å². The van der Waals surface area contributed by atoms with E-state index in [2.05, 4.69) is 11.7 Å². The summed E-state index contributed by atoms with van der Waals surface area (Å²) in [7, 11) is 1.36. The van der Waals surface area contributed by atoms with E-state index in [9.17, 15) is 9.90 Å². The van der Waals surface area contributed by atoms with Gasteiger partial charge >= 0.3 is 5.97 Å². The Bertz CT molecular complexity index is 123. The van der Waals surface area contributed by atoms with Crippen LogP contribution in [0.5, 0.6) is 0 Å². The molecule has 72 valence electrons. The number of aliphatic hydroxyl groups is 1. The first-order chi connectivity index (χ1) is 5.70. The summed E-state index contributed by atoms with van der Waals surface area (Å²) in [4.78, 5) is 10.7. The first-order valence-electron chi connectivity index (χ1n) is 4.45. The van der Waals surface area contributed by atoms with Gasteiger partial charge in [-0.25, -0.2) is 0 Å². The van der Waals surface area contributed by atoms with E-state index in [-0.39, 0.29) is 12.1 Å². The third-order valence-corrected chi connectivity index (χ3v) is 1.80. The maximum absolute atomic E-state index is 10.7. The Labute approximate surface area is 73.7 Å². The molecule has 0 bridgehead atoms. The van der Waals surface area contributed by atoms with Gasteiger partial charge in [-0.3, -0.25) is 4.79 Å². The molecule has 0 saturated carbocycles. The van der Waals surface area contributed by atoms with Gasteiger partial charge in [0, 0.05) is 6.42 Å². The lowest BCUT2D eigenvalue weighted by Crippen LogP contribution is -2.10. The van der Waals surface area contributed by atoms with Gasteiger partial charge in [0.15, 0.2) is 0 Å². The first-order valence-corrected chi connectivity index (χ1v) is 4.45. The molecule has 0 aliphatic carbocycles. The van der Waals surface area contributed by atoms with Crippen LogP contribution in [-0.4, -0.2) is 24.3 Å². The van der Waals surface area contributed by atoms with Crippen LogP contribution in [0, 0.1) is 0 Å². The van der Waals surface area contributed by atoms with Crippen LogP contribution < -0.4 is 0 Å². The lowest BCUT2D eigenvalue weighted by molar-refractivity contribution is -0.141. The molecule has 1 unspecified atom stereocenters. The van der Waals surface area contributed by atoms with Crippen molar-refractivity contribution >= 4 is 5.97 Å². The lowest BCUT2D eigenvalue weighted by atomic mass is 10.1. The second kappa shape index (κ2) is 7.10. The zero-order valence-corrected chi connectivity index (χ0v) is 7.88. The normalized spacial score (nSPS) is 12.6. The number of unbranched alkanes of at least 4 members (excludes halogenated alkanes) is 1. The smallest absolute Gasteiger partial charge is 0.305 e. The average molecular weight is 174 g/mol. The number of aliphatic hydroxyl groups excluding tert-OH is 1. The van der Waals surface area contributed by atoms with Crippen LogP contribution in [0.2, 0.25) is 0 Å². The Morgan fingerprint density at radius 3 is 2.67 bits per heavy atom. The van der Waals surface area contributed by atoms with E-state index in [1.807, 2.05) is 0 Å². The Kier molecular flexibility index (Phi) is 6.76. The summed E-state index contributed by atoms with van der Waals surface area (Å²) >= 11 is 0. The maximum Gasteiger partial charge on any atom is 0.305 e. The fourth-order valence-electron chi connectivity index (χ4n) is 0.971. The highest BCUT2D eigenvalue weighted by molar-refractivity contribution is 5.69. The number of esters is 1. The molecule has 0 saturated heterocycles. The summed E-state index contributed by atoms with van der Waals surface area (Å²) in [6.07, 6.45) is 3.38. The van der Waals surface area contributed by atoms with Gasteiger partial charge in [0.2, 0.25) is 0 Å². The van der Waals surface area contributed by atoms with Crippen molar-refractivity contribution < 1.29 is 14.6 Å². The molecule has 0 aromatic heterocycles. The van der Waals surface area contributed by atoms with Crippen molar-refractivity contribution in [1.82, 2.24) is 0 Å². The standard InChI is InChI=1S/C9H18O3/c1-3-4-5-8(10)6-7-9(11)12-2/h8,10H,3-7H2,1-2H3. The van der Waals surface area contributed by atoms with Crippen LogP contribution in [0.15, 0.2) is 0 Å². The van der Waals surface area contributed by atoms with Crippen LogP contribution in [0.3, 0.4) is 0 Å². The van der Waals surface area contributed by atoms with Gasteiger partial charge in [0.05, 0.1) is 13.2 Å². The molecule has 0 aliphatic rings. The molecule has 0 fully saturated rings. The highest BCUT2D eigenvalue weighted by Gasteiger charge is 2.06. The molecule has 0 aromatic carbocycles. The van der Waals surface area contributed by atoms with E-state index >= 15 is 0 Å². The van der Waals surface area contributed by atoms with Crippen molar-refractivity contribution in [1.29, 1.82) is 0 Å². The van der Waals surface area contributed by atoms with Crippen molar-refractivity contribution in [3.63, 3.8) is 0 Å². The van der Waals surface area contributed by atoms with Crippen molar-refractivity contribution in [2.45, 2.75) is 45.1 Å². The summed E-state index contributed by atoms with van der Waals surface area (Å²) < 4.78 is 4.46. The minimum absolute atomic E-state index is 0.245. The molecule has 0 rings (SSSR count). The Balaban J connectivity index is 3.30. The number of carbonyl (C=O) groups is 1. The lowest BCUT2D eigenvalue weighted by Gasteiger charge is -2.07. The van der Waals surface area contributed by atoms with Gasteiger partial charge in [-0.05, 0) is 12.8 Å². The van der Waals surface area contributed by atoms with E-state index in [0.717, 1.165) is 19.3 Å². The van der Waals surface area contributed by atoms with Gasteiger partial charge in [-0.15, -0.1) is 0 Å². The van der Waals surface area contributed by atoms with Crippen molar-refractivity contribution in [3.8, 4) is 0 Å². The largest absolute Gasteiger partial charge is 0.469 e. The second-order valence-corrected chi connectivity index (χ2v) is 2.91. The number of ether oxygens (including phenoxy) is 1. The topological polar surface area (TPSA) is 46.5 Å². The number of hydrogen-bond donors (Lipinski definition) is 1. The van der Waals surface area contributed by atoms with E-state index in [0.29, 0.717) is 12.8 Å². The summed E-state index contributed by atoms with van der Waals surface area (Å²) in [5.74, 6) is -0.245. The summed E-state index contributed by atoms with van der Waals surface area (Å²) in [5, 5.41) is 9.32. The van der Waals surface area contributed by atoms with Crippen LogP contribution in [-0.2, 0) is 9.53 Å². The number of hydrogen-bond acceptors (Lipinski definition) is 3. The number of carbonyl (C=O) groups excluding carboxylic acids is 1. The zero-order valence-electron chi connectivity index (χ0n) is 7.88. The molecule has 0 heterocycles. The fraction of sp³-hybridized carbons (Fsp3) is 0.889. The van der Waals surface area contributed by atoms with E-state index in [4.69, 9.17) is 0 Å². The van der Waals surface area contributed by atoms with Crippen LogP contribution in [0.1, 0.15) is 39.0 Å². The van der Waals surface area contributed by atoms with Crippen LogP contribution >= 0.6 is 0 Å². The Morgan fingerprint density at radius 1 is 1.50 bits per heavy atom. The molecule has 0 aromatic rings. The molecule has 0 amide bonds. The summed E-state index contributed by atoms with van der Waals surface area (Å²) in [5.41, 5.74) is 0. The SMILES string of the molecule is CCCCC(O)CCC(=O)OC. The fourth-order valence-corrected chi connectivity index (χ4v) is 0.971. The Morgan fingerprint density at radius 2 is 2.17 bits per heavy atom. The van der Waals surface area contributed by atoms with Crippen LogP contribution in [0.4, 0.5) is 0 Å². The zero-order chi connectivity index (χ0) is 9.40. The van der Waals surface area contributed by atoms with Gasteiger partial charge in [0.1, 0.15) is 0 Å². The molecule has 0 radical (unpaired) electrons. The van der Waals surface area contributed by atoms with Gasteiger partial charge in [-0.2, -0.15) is 0 Å². The minimum Gasteiger partial charge on any atom is -0.469 e. The highest BCUT2D eigenvalue weighted by atomic mass is 16.5. The average Bonchev–Trinajstić information content (AvgIpc) is 2.10. The molecular formula is C9H18O3. The van der Waals surface area contributed by atoms with Gasteiger partial charge in [-0.1, -0.05) is 19.8 Å². The number of methoxy groups -OCH3 is 1. The molecule has 3 heteroatoms. The molecule has 0 aliphatic heterocycles. The summed E-state index contributed by atoms with van der Waals surface area (Å²) in [6.45, 7) is 2.08. The molecule has 1 atom stereocenters. The second-order valence-electron chi connectivity index (χ2n) is 2.91. The first kappa shape index (κ1) is 11.4. The molecule has 3 nitrogen and oxygen atoms in total. The molecule has 12 heavy (non-hydrogen) atoms. The molecule has 1 N–H and O–H groups in total. The van der Waals surface area contributed by atoms with Crippen molar-refractivity contribution in [2.75, 3.05) is 7.11 Å². The van der Waals surface area contributed by atoms with Crippen molar-refractivity contribution in [3.05, 3.63) is 0 Å². The van der Waals surface area contributed by atoms with Crippen LogP contribution in [0.25, 0.3) is 0 Å². The maximum atomic E-state index is 10.7. The quantitative estimate of drug-likeness (QED) is 0.620. The Hall–Kier alpha value is -0.570. The predicted molar refractivity (Wildman–Crippen MR) is 46.8 cm³/mol. The van der Waals surface area contributed by atoms with E-state index in [1.165, 1.54) is 7.11 Å². The molecular weight excluding hydrogens is 156 g/mol. The third kappa shape index (κ3) is 6.16. The third-order valence-electron chi connectivity index (χ3n) is 1.80. The minimum atomic E-state index is -0.343. The van der Waals surface area contributed by atoms with E-state index in [1.54, 1.807) is 0 Å². The van der Waals surface area contributed by atoms with Gasteiger partial charge in [0.25, 0.3) is 0 Å². The van der Waals surface area contributed by atoms with E-state index < -0.39 is 0 Å². The number of rotatable bonds is 6. The monoisotopic (exact) mass is 174 g/mol. The summed E-state index contributed by atoms with van der Waals surface area (Å²) in [6, 6.07) is 0. The predicted octanol–water partition coefficient (Wildman–Crippen LogP) is 1.49. The molecule has 0 spiro atoms. The highest BCUT2D eigenvalue weighted by Crippen LogP contribution is 2.06. The van der Waals surface area contributed by atoms with Gasteiger partial charge < -0.3 is 9.84 Å².